The zero-order chi connectivity index (χ0) is 10.8. The zero-order valence-electron chi connectivity index (χ0n) is 8.19. The van der Waals surface area contributed by atoms with Crippen molar-refractivity contribution in [2.75, 3.05) is 11.4 Å². The maximum atomic E-state index is 11.2. The van der Waals surface area contributed by atoms with Crippen molar-refractivity contribution in [3.63, 3.8) is 0 Å². The van der Waals surface area contributed by atoms with E-state index in [1.54, 1.807) is 12.3 Å². The average Bonchev–Trinajstić information content (AvgIpc) is 2.65. The third-order valence-electron chi connectivity index (χ3n) is 2.62. The van der Waals surface area contributed by atoms with E-state index in [0.29, 0.717) is 5.15 Å². The summed E-state index contributed by atoms with van der Waals surface area (Å²) in [6.45, 7) is 0.841. The molecule has 1 amide bonds. The van der Waals surface area contributed by atoms with Gasteiger partial charge in [0, 0.05) is 18.4 Å². The number of nitrogens with zero attached hydrogens (tertiary/aromatic N) is 2. The Labute approximate surface area is 93.0 Å². The highest BCUT2D eigenvalue weighted by Crippen LogP contribution is 2.26. The third-order valence-corrected chi connectivity index (χ3v) is 2.83. The molecule has 2 rings (SSSR count). The highest BCUT2D eigenvalue weighted by atomic mass is 35.5. The lowest BCUT2D eigenvalue weighted by Gasteiger charge is -2.24. The standard InChI is InChI=1S/C10H12ClN3O/c11-9-6-7(3-4-13-9)14-5-1-2-8(14)10(12)15/h3-4,6,8H,1-2,5H2,(H2,12,15). The molecule has 1 fully saturated rings. The Bertz CT molecular complexity index is 383. The Morgan fingerprint density at radius 2 is 2.47 bits per heavy atom. The summed E-state index contributed by atoms with van der Waals surface area (Å²) < 4.78 is 0. The summed E-state index contributed by atoms with van der Waals surface area (Å²) in [6, 6.07) is 3.39. The maximum Gasteiger partial charge on any atom is 0.240 e. The van der Waals surface area contributed by atoms with Gasteiger partial charge in [0.15, 0.2) is 0 Å². The first kappa shape index (κ1) is 10.2. The predicted molar refractivity (Wildman–Crippen MR) is 58.8 cm³/mol. The van der Waals surface area contributed by atoms with Crippen LogP contribution in [0.2, 0.25) is 5.15 Å². The van der Waals surface area contributed by atoms with Crippen molar-refractivity contribution in [1.82, 2.24) is 4.98 Å². The molecule has 2 N–H and O–H groups in total. The summed E-state index contributed by atoms with van der Waals surface area (Å²) in [5.41, 5.74) is 6.25. The molecule has 0 spiro atoms. The average molecular weight is 226 g/mol. The number of halogens is 1. The van der Waals surface area contributed by atoms with Crippen LogP contribution in [0, 0.1) is 0 Å². The van der Waals surface area contributed by atoms with E-state index in [1.807, 2.05) is 11.0 Å². The van der Waals surface area contributed by atoms with E-state index < -0.39 is 0 Å². The van der Waals surface area contributed by atoms with Crippen LogP contribution in [-0.4, -0.2) is 23.5 Å². The van der Waals surface area contributed by atoms with E-state index in [-0.39, 0.29) is 11.9 Å². The summed E-state index contributed by atoms with van der Waals surface area (Å²) in [5, 5.41) is 0.433. The van der Waals surface area contributed by atoms with Crippen molar-refractivity contribution in [2.45, 2.75) is 18.9 Å². The molecule has 1 unspecified atom stereocenters. The fourth-order valence-electron chi connectivity index (χ4n) is 1.94. The van der Waals surface area contributed by atoms with Crippen molar-refractivity contribution < 1.29 is 4.79 Å². The maximum absolute atomic E-state index is 11.2. The van der Waals surface area contributed by atoms with Crippen LogP contribution in [0.25, 0.3) is 0 Å². The molecule has 1 atom stereocenters. The van der Waals surface area contributed by atoms with Crippen LogP contribution in [-0.2, 0) is 4.79 Å². The summed E-state index contributed by atoms with van der Waals surface area (Å²) in [5.74, 6) is -0.277. The van der Waals surface area contributed by atoms with Crippen LogP contribution < -0.4 is 10.6 Å². The van der Waals surface area contributed by atoms with E-state index in [0.717, 1.165) is 25.1 Å². The number of anilines is 1. The van der Waals surface area contributed by atoms with Gasteiger partial charge in [-0.05, 0) is 25.0 Å². The van der Waals surface area contributed by atoms with E-state index in [2.05, 4.69) is 4.98 Å². The van der Waals surface area contributed by atoms with Gasteiger partial charge in [-0.15, -0.1) is 0 Å². The van der Waals surface area contributed by atoms with Gasteiger partial charge in [-0.2, -0.15) is 0 Å². The number of carbonyl (C=O) groups excluding carboxylic acids is 1. The van der Waals surface area contributed by atoms with Crippen molar-refractivity contribution in [2.24, 2.45) is 5.73 Å². The first-order valence-electron chi connectivity index (χ1n) is 4.86. The molecule has 2 heterocycles. The van der Waals surface area contributed by atoms with Gasteiger partial charge in [0.25, 0.3) is 0 Å². The highest BCUT2D eigenvalue weighted by molar-refractivity contribution is 6.29. The number of hydrogen-bond acceptors (Lipinski definition) is 3. The molecule has 15 heavy (non-hydrogen) atoms. The Balaban J connectivity index is 2.26. The fourth-order valence-corrected chi connectivity index (χ4v) is 2.11. The summed E-state index contributed by atoms with van der Waals surface area (Å²) >= 11 is 5.80. The van der Waals surface area contributed by atoms with Gasteiger partial charge in [-0.25, -0.2) is 4.98 Å². The van der Waals surface area contributed by atoms with Gasteiger partial charge in [0.2, 0.25) is 5.91 Å². The number of amides is 1. The molecule has 1 aromatic rings. The van der Waals surface area contributed by atoms with E-state index in [9.17, 15) is 4.79 Å². The Morgan fingerprint density at radius 3 is 3.13 bits per heavy atom. The summed E-state index contributed by atoms with van der Waals surface area (Å²) in [4.78, 5) is 17.1. The zero-order valence-corrected chi connectivity index (χ0v) is 8.94. The Morgan fingerprint density at radius 1 is 1.67 bits per heavy atom. The molecule has 1 saturated heterocycles. The number of pyridine rings is 1. The van der Waals surface area contributed by atoms with Gasteiger partial charge in [0.05, 0.1) is 0 Å². The topological polar surface area (TPSA) is 59.2 Å². The van der Waals surface area contributed by atoms with Crippen LogP contribution in [0.5, 0.6) is 0 Å². The van der Waals surface area contributed by atoms with Crippen LogP contribution in [0.3, 0.4) is 0 Å². The third kappa shape index (κ3) is 2.04. The van der Waals surface area contributed by atoms with Gasteiger partial charge >= 0.3 is 0 Å². The van der Waals surface area contributed by atoms with Crippen LogP contribution in [0.1, 0.15) is 12.8 Å². The number of primary amides is 1. The van der Waals surface area contributed by atoms with Crippen LogP contribution in [0.4, 0.5) is 5.69 Å². The van der Waals surface area contributed by atoms with Gasteiger partial charge < -0.3 is 10.6 Å². The van der Waals surface area contributed by atoms with Crippen molar-refractivity contribution in [3.8, 4) is 0 Å². The minimum Gasteiger partial charge on any atom is -0.368 e. The van der Waals surface area contributed by atoms with Gasteiger partial charge in [-0.3, -0.25) is 4.79 Å². The van der Waals surface area contributed by atoms with Crippen molar-refractivity contribution in [1.29, 1.82) is 0 Å². The summed E-state index contributed by atoms with van der Waals surface area (Å²) in [6.07, 6.45) is 3.43. The fraction of sp³-hybridized carbons (Fsp3) is 0.400. The summed E-state index contributed by atoms with van der Waals surface area (Å²) in [7, 11) is 0. The minimum absolute atomic E-state index is 0.205. The van der Waals surface area contributed by atoms with Crippen molar-refractivity contribution >= 4 is 23.2 Å². The van der Waals surface area contributed by atoms with E-state index >= 15 is 0 Å². The number of rotatable bonds is 2. The molecule has 1 aliphatic heterocycles. The molecule has 0 bridgehead atoms. The number of carbonyl (C=O) groups is 1. The number of aromatic nitrogens is 1. The van der Waals surface area contributed by atoms with Crippen LogP contribution >= 0.6 is 11.6 Å². The molecular formula is C10H12ClN3O. The molecule has 0 aliphatic carbocycles. The number of hydrogen-bond donors (Lipinski definition) is 1. The van der Waals surface area contributed by atoms with E-state index in [4.69, 9.17) is 17.3 Å². The molecule has 1 aliphatic rings. The molecule has 80 valence electrons. The monoisotopic (exact) mass is 225 g/mol. The SMILES string of the molecule is NC(=O)C1CCCN1c1ccnc(Cl)c1. The molecule has 0 aromatic carbocycles. The second-order valence-electron chi connectivity index (χ2n) is 3.59. The molecule has 5 heteroatoms. The first-order chi connectivity index (χ1) is 7.18. The lowest BCUT2D eigenvalue weighted by Crippen LogP contribution is -2.40. The second-order valence-corrected chi connectivity index (χ2v) is 3.98. The predicted octanol–water partition coefficient (Wildman–Crippen LogP) is 1.19. The molecule has 1 aromatic heterocycles. The van der Waals surface area contributed by atoms with E-state index in [1.165, 1.54) is 0 Å². The minimum atomic E-state index is -0.277. The number of nitrogens with two attached hydrogens (primary N) is 1. The van der Waals surface area contributed by atoms with Crippen molar-refractivity contribution in [3.05, 3.63) is 23.5 Å². The Kier molecular flexibility index (Phi) is 2.77. The first-order valence-corrected chi connectivity index (χ1v) is 5.24. The lowest BCUT2D eigenvalue weighted by molar-refractivity contribution is -0.119. The Hall–Kier alpha value is -1.29. The van der Waals surface area contributed by atoms with Crippen LogP contribution in [0.15, 0.2) is 18.3 Å². The van der Waals surface area contributed by atoms with Gasteiger partial charge in [-0.1, -0.05) is 11.6 Å². The quantitative estimate of drug-likeness (QED) is 0.770. The molecule has 4 nitrogen and oxygen atoms in total. The largest absolute Gasteiger partial charge is 0.368 e. The highest BCUT2D eigenvalue weighted by Gasteiger charge is 2.29. The lowest BCUT2D eigenvalue weighted by atomic mass is 10.2. The smallest absolute Gasteiger partial charge is 0.240 e. The molecule has 0 radical (unpaired) electrons. The second kappa shape index (κ2) is 4.06. The van der Waals surface area contributed by atoms with Gasteiger partial charge in [0.1, 0.15) is 11.2 Å². The molecular weight excluding hydrogens is 214 g/mol. The molecule has 0 saturated carbocycles. The normalized spacial score (nSPS) is 20.6.